The molecule has 1 N–H and O–H groups in total. The summed E-state index contributed by atoms with van der Waals surface area (Å²) in [5.41, 5.74) is 1.77. The van der Waals surface area contributed by atoms with Crippen LogP contribution in [0.25, 0.3) is 0 Å². The summed E-state index contributed by atoms with van der Waals surface area (Å²) in [7, 11) is -1.46. The highest BCUT2D eigenvalue weighted by Crippen LogP contribution is 2.67. The first kappa shape index (κ1) is 19.2. The molecule has 7 atom stereocenters. The Morgan fingerprint density at radius 1 is 1.00 bits per heavy atom. The van der Waals surface area contributed by atoms with E-state index in [0.717, 1.165) is 18.3 Å². The lowest BCUT2D eigenvalue weighted by atomic mass is 9.47. The van der Waals surface area contributed by atoms with E-state index in [4.69, 9.17) is 4.43 Å². The number of hydrogen-bond donors (Lipinski definition) is 1. The van der Waals surface area contributed by atoms with Crippen LogP contribution in [0.4, 0.5) is 0 Å². The normalized spacial score (nSPS) is 51.3. The predicted molar refractivity (Wildman–Crippen MR) is 111 cm³/mol. The maximum atomic E-state index is 11.1. The van der Waals surface area contributed by atoms with Crippen LogP contribution in [-0.2, 0) is 4.43 Å². The Balaban J connectivity index is 1.58. The fourth-order valence-corrected chi connectivity index (χ4v) is 8.67. The molecule has 0 heterocycles. The van der Waals surface area contributed by atoms with E-state index in [1.807, 2.05) is 0 Å². The van der Waals surface area contributed by atoms with E-state index in [1.165, 1.54) is 44.9 Å². The molecule has 0 amide bonds. The molecular formula is C23H40O2Si. The summed E-state index contributed by atoms with van der Waals surface area (Å²) in [5.74, 6) is 2.31. The maximum absolute atomic E-state index is 11.1. The minimum atomic E-state index is -1.46. The zero-order valence-electron chi connectivity index (χ0n) is 17.9. The Morgan fingerprint density at radius 2 is 1.69 bits per heavy atom. The molecule has 3 fully saturated rings. The van der Waals surface area contributed by atoms with Gasteiger partial charge in [0.05, 0.1) is 5.60 Å². The molecule has 0 saturated heterocycles. The standard InChI is InChI=1S/C23H40O2Si/c1-21-12-9-17(25-26(4,5)6)15-16(21)7-8-18-19(21)10-13-22(2)20(18)11-14-23(22,3)24/h7,17-20,24H,8-15H2,1-6H3/t17?,18-,19+,20+,21+,22+,23?/m1/s1. The summed E-state index contributed by atoms with van der Waals surface area (Å²) < 4.78 is 6.49. The number of aliphatic hydroxyl groups is 1. The Morgan fingerprint density at radius 3 is 2.38 bits per heavy atom. The fraction of sp³-hybridized carbons (Fsp3) is 0.913. The van der Waals surface area contributed by atoms with E-state index < -0.39 is 13.9 Å². The van der Waals surface area contributed by atoms with Crippen molar-refractivity contribution in [1.29, 1.82) is 0 Å². The second kappa shape index (κ2) is 5.94. The van der Waals surface area contributed by atoms with Gasteiger partial charge in [0.2, 0.25) is 0 Å². The summed E-state index contributed by atoms with van der Waals surface area (Å²) in [4.78, 5) is 0. The Kier molecular flexibility index (Phi) is 4.39. The second-order valence-electron chi connectivity index (χ2n) is 11.6. The van der Waals surface area contributed by atoms with Gasteiger partial charge >= 0.3 is 0 Å². The molecule has 4 aliphatic carbocycles. The molecule has 4 aliphatic rings. The Labute approximate surface area is 161 Å². The molecule has 2 unspecified atom stereocenters. The number of rotatable bonds is 2. The van der Waals surface area contributed by atoms with Gasteiger partial charge in [0, 0.05) is 6.10 Å². The van der Waals surface area contributed by atoms with Gasteiger partial charge in [-0.2, -0.15) is 0 Å². The quantitative estimate of drug-likeness (QED) is 0.479. The second-order valence-corrected chi connectivity index (χ2v) is 16.1. The fourth-order valence-electron chi connectivity index (χ4n) is 7.47. The Bertz CT molecular complexity index is 604. The minimum Gasteiger partial charge on any atom is -0.414 e. The molecule has 3 saturated carbocycles. The van der Waals surface area contributed by atoms with Crippen molar-refractivity contribution in [2.45, 2.75) is 103 Å². The van der Waals surface area contributed by atoms with Gasteiger partial charge in [0.25, 0.3) is 0 Å². The van der Waals surface area contributed by atoms with E-state index >= 15 is 0 Å². The van der Waals surface area contributed by atoms with E-state index in [-0.39, 0.29) is 5.41 Å². The highest BCUT2D eigenvalue weighted by molar-refractivity contribution is 6.69. The summed E-state index contributed by atoms with van der Waals surface area (Å²) in [5, 5.41) is 11.1. The minimum absolute atomic E-state index is 0.133. The monoisotopic (exact) mass is 376 g/mol. The van der Waals surface area contributed by atoms with Crippen molar-refractivity contribution < 1.29 is 9.53 Å². The summed E-state index contributed by atoms with van der Waals surface area (Å²) in [6.45, 7) is 14.0. The molecule has 0 aromatic rings. The maximum Gasteiger partial charge on any atom is 0.184 e. The van der Waals surface area contributed by atoms with Crippen LogP contribution in [0.3, 0.4) is 0 Å². The summed E-state index contributed by atoms with van der Waals surface area (Å²) in [6, 6.07) is 0. The molecular weight excluding hydrogens is 336 g/mol. The molecule has 26 heavy (non-hydrogen) atoms. The van der Waals surface area contributed by atoms with Gasteiger partial charge in [0.15, 0.2) is 8.32 Å². The molecule has 2 nitrogen and oxygen atoms in total. The zero-order chi connectivity index (χ0) is 19.0. The summed E-state index contributed by atoms with van der Waals surface area (Å²) in [6.07, 6.45) is 12.8. The van der Waals surface area contributed by atoms with Crippen LogP contribution in [-0.4, -0.2) is 25.1 Å². The van der Waals surface area contributed by atoms with Crippen LogP contribution in [0.2, 0.25) is 19.6 Å². The third-order valence-corrected chi connectivity index (χ3v) is 10.2. The average Bonchev–Trinajstić information content (AvgIpc) is 2.76. The molecule has 0 aliphatic heterocycles. The van der Waals surface area contributed by atoms with Gasteiger partial charge in [-0.15, -0.1) is 0 Å². The highest BCUT2D eigenvalue weighted by atomic mass is 28.4. The van der Waals surface area contributed by atoms with Gasteiger partial charge in [-0.25, -0.2) is 0 Å². The van der Waals surface area contributed by atoms with Crippen molar-refractivity contribution in [2.24, 2.45) is 28.6 Å². The predicted octanol–water partition coefficient (Wildman–Crippen LogP) is 5.92. The van der Waals surface area contributed by atoms with Crippen molar-refractivity contribution in [3.8, 4) is 0 Å². The first-order valence-electron chi connectivity index (χ1n) is 11.1. The molecule has 3 heteroatoms. The number of hydrogen-bond acceptors (Lipinski definition) is 2. The van der Waals surface area contributed by atoms with Crippen molar-refractivity contribution in [1.82, 2.24) is 0 Å². The van der Waals surface area contributed by atoms with Gasteiger partial charge in [0.1, 0.15) is 0 Å². The topological polar surface area (TPSA) is 29.5 Å². The first-order valence-corrected chi connectivity index (χ1v) is 14.5. The summed E-state index contributed by atoms with van der Waals surface area (Å²) >= 11 is 0. The molecule has 0 aromatic carbocycles. The SMILES string of the molecule is CC1(O)CC[C@H]2[C@@H]3CC=C4CC(O[Si](C)(C)C)CC[C@]4(C)[C@H]3CC[C@@]21C. The largest absolute Gasteiger partial charge is 0.414 e. The van der Waals surface area contributed by atoms with E-state index in [1.54, 1.807) is 5.57 Å². The lowest BCUT2D eigenvalue weighted by Gasteiger charge is -2.59. The molecule has 148 valence electrons. The van der Waals surface area contributed by atoms with Crippen molar-refractivity contribution in [3.05, 3.63) is 11.6 Å². The average molecular weight is 377 g/mol. The first-order chi connectivity index (χ1) is 12.0. The van der Waals surface area contributed by atoms with Crippen molar-refractivity contribution >= 4 is 8.32 Å². The molecule has 0 spiro atoms. The van der Waals surface area contributed by atoms with E-state index in [0.29, 0.717) is 17.4 Å². The third-order valence-electron chi connectivity index (χ3n) is 9.14. The lowest BCUT2D eigenvalue weighted by molar-refractivity contribution is -0.115. The van der Waals surface area contributed by atoms with Crippen LogP contribution in [0.15, 0.2) is 11.6 Å². The molecule has 0 bridgehead atoms. The number of allylic oxidation sites excluding steroid dienone is 1. The van der Waals surface area contributed by atoms with Crippen LogP contribution in [0, 0.1) is 28.6 Å². The van der Waals surface area contributed by atoms with Crippen molar-refractivity contribution in [3.63, 3.8) is 0 Å². The number of fused-ring (bicyclic) bond motifs is 5. The van der Waals surface area contributed by atoms with Gasteiger partial charge in [-0.1, -0.05) is 25.5 Å². The van der Waals surface area contributed by atoms with Crippen LogP contribution < -0.4 is 0 Å². The van der Waals surface area contributed by atoms with E-state index in [9.17, 15) is 5.11 Å². The Hall–Kier alpha value is -0.123. The third kappa shape index (κ3) is 2.79. The van der Waals surface area contributed by atoms with Crippen LogP contribution >= 0.6 is 0 Å². The van der Waals surface area contributed by atoms with Gasteiger partial charge < -0.3 is 9.53 Å². The molecule has 4 rings (SSSR count). The lowest BCUT2D eigenvalue weighted by Crippen LogP contribution is -2.54. The van der Waals surface area contributed by atoms with Crippen LogP contribution in [0.5, 0.6) is 0 Å². The van der Waals surface area contributed by atoms with Crippen molar-refractivity contribution in [2.75, 3.05) is 0 Å². The van der Waals surface area contributed by atoms with Gasteiger partial charge in [-0.05, 0) is 107 Å². The zero-order valence-corrected chi connectivity index (χ0v) is 18.9. The molecule has 0 radical (unpaired) electrons. The van der Waals surface area contributed by atoms with Crippen LogP contribution in [0.1, 0.15) is 72.1 Å². The molecule has 0 aromatic heterocycles. The smallest absolute Gasteiger partial charge is 0.184 e. The van der Waals surface area contributed by atoms with Gasteiger partial charge in [-0.3, -0.25) is 0 Å². The van der Waals surface area contributed by atoms with E-state index in [2.05, 4.69) is 46.5 Å². The highest BCUT2D eigenvalue weighted by Gasteiger charge is 2.62.